The lowest BCUT2D eigenvalue weighted by Crippen LogP contribution is -2.01. The fourth-order valence-corrected chi connectivity index (χ4v) is 2.03. The SMILES string of the molecule is CCc1ccc(C(=O)C=CNc2ccc(C(=O)OC)cc2)cc1. The van der Waals surface area contributed by atoms with Gasteiger partial charge in [0.1, 0.15) is 0 Å². The number of ketones is 1. The van der Waals surface area contributed by atoms with Crippen molar-refractivity contribution in [3.05, 3.63) is 77.5 Å². The third kappa shape index (κ3) is 4.54. The summed E-state index contributed by atoms with van der Waals surface area (Å²) in [6, 6.07) is 14.4. The van der Waals surface area contributed by atoms with Crippen molar-refractivity contribution in [1.29, 1.82) is 0 Å². The fourth-order valence-electron chi connectivity index (χ4n) is 2.03. The molecule has 4 nitrogen and oxygen atoms in total. The molecule has 2 rings (SSSR count). The van der Waals surface area contributed by atoms with E-state index in [4.69, 9.17) is 0 Å². The molecule has 4 heteroatoms. The Bertz CT molecular complexity index is 700. The first kappa shape index (κ1) is 16.5. The van der Waals surface area contributed by atoms with Gasteiger partial charge in [0.05, 0.1) is 12.7 Å². The first-order valence-corrected chi connectivity index (χ1v) is 7.38. The monoisotopic (exact) mass is 309 g/mol. The summed E-state index contributed by atoms with van der Waals surface area (Å²) in [6.07, 6.45) is 4.02. The highest BCUT2D eigenvalue weighted by Gasteiger charge is 2.04. The molecule has 0 unspecified atom stereocenters. The maximum Gasteiger partial charge on any atom is 0.337 e. The minimum Gasteiger partial charge on any atom is -0.465 e. The Hall–Kier alpha value is -2.88. The van der Waals surface area contributed by atoms with E-state index in [1.807, 2.05) is 24.3 Å². The summed E-state index contributed by atoms with van der Waals surface area (Å²) in [5.41, 5.74) is 3.12. The molecular weight excluding hydrogens is 290 g/mol. The van der Waals surface area contributed by atoms with Gasteiger partial charge in [-0.05, 0) is 36.2 Å². The van der Waals surface area contributed by atoms with Gasteiger partial charge in [0.2, 0.25) is 0 Å². The largest absolute Gasteiger partial charge is 0.465 e. The van der Waals surface area contributed by atoms with Gasteiger partial charge in [-0.3, -0.25) is 4.79 Å². The van der Waals surface area contributed by atoms with Crippen LogP contribution in [0.4, 0.5) is 5.69 Å². The van der Waals surface area contributed by atoms with Crippen molar-refractivity contribution in [3.63, 3.8) is 0 Å². The number of hydrogen-bond acceptors (Lipinski definition) is 4. The molecule has 0 spiro atoms. The van der Waals surface area contributed by atoms with E-state index in [2.05, 4.69) is 17.0 Å². The van der Waals surface area contributed by atoms with E-state index < -0.39 is 0 Å². The van der Waals surface area contributed by atoms with Crippen molar-refractivity contribution in [2.45, 2.75) is 13.3 Å². The lowest BCUT2D eigenvalue weighted by Gasteiger charge is -2.03. The highest BCUT2D eigenvalue weighted by atomic mass is 16.5. The van der Waals surface area contributed by atoms with E-state index in [-0.39, 0.29) is 11.8 Å². The van der Waals surface area contributed by atoms with Crippen molar-refractivity contribution >= 4 is 17.4 Å². The Labute approximate surface area is 135 Å². The zero-order valence-corrected chi connectivity index (χ0v) is 13.2. The topological polar surface area (TPSA) is 55.4 Å². The summed E-state index contributed by atoms with van der Waals surface area (Å²) in [7, 11) is 1.34. The standard InChI is InChI=1S/C19H19NO3/c1-3-14-4-6-15(7-5-14)18(21)12-13-20-17-10-8-16(9-11-17)19(22)23-2/h4-13,20H,3H2,1-2H3. The van der Waals surface area contributed by atoms with Crippen LogP contribution in [0.3, 0.4) is 0 Å². The van der Waals surface area contributed by atoms with Gasteiger partial charge in [0.15, 0.2) is 5.78 Å². The van der Waals surface area contributed by atoms with Crippen LogP contribution in [-0.4, -0.2) is 18.9 Å². The van der Waals surface area contributed by atoms with Crippen molar-refractivity contribution in [1.82, 2.24) is 0 Å². The quantitative estimate of drug-likeness (QED) is 0.500. The highest BCUT2D eigenvalue weighted by Crippen LogP contribution is 2.11. The Kier molecular flexibility index (Phi) is 5.69. The second-order valence-electron chi connectivity index (χ2n) is 4.96. The molecule has 0 aliphatic carbocycles. The van der Waals surface area contributed by atoms with Crippen LogP contribution in [-0.2, 0) is 11.2 Å². The molecule has 0 amide bonds. The average molecular weight is 309 g/mol. The number of nitrogens with one attached hydrogen (secondary N) is 1. The molecule has 0 atom stereocenters. The first-order chi connectivity index (χ1) is 11.1. The number of rotatable bonds is 6. The number of methoxy groups -OCH3 is 1. The molecule has 0 saturated carbocycles. The molecule has 2 aromatic carbocycles. The van der Waals surface area contributed by atoms with Crippen molar-refractivity contribution in [2.75, 3.05) is 12.4 Å². The predicted molar refractivity (Wildman–Crippen MR) is 90.7 cm³/mol. The first-order valence-electron chi connectivity index (χ1n) is 7.38. The number of ether oxygens (including phenoxy) is 1. The van der Waals surface area contributed by atoms with E-state index in [9.17, 15) is 9.59 Å². The van der Waals surface area contributed by atoms with Crippen molar-refractivity contribution in [2.24, 2.45) is 0 Å². The third-order valence-corrected chi connectivity index (χ3v) is 3.44. The molecule has 0 aliphatic heterocycles. The van der Waals surface area contributed by atoms with Crippen LogP contribution in [0.25, 0.3) is 0 Å². The maximum atomic E-state index is 12.0. The summed E-state index contributed by atoms with van der Waals surface area (Å²) < 4.78 is 4.64. The van der Waals surface area contributed by atoms with Crippen LogP contribution in [0.1, 0.15) is 33.2 Å². The van der Waals surface area contributed by atoms with Crippen LogP contribution in [0.5, 0.6) is 0 Å². The van der Waals surface area contributed by atoms with Gasteiger partial charge in [-0.25, -0.2) is 4.79 Å². The van der Waals surface area contributed by atoms with E-state index in [0.29, 0.717) is 11.1 Å². The number of carbonyl (C=O) groups excluding carboxylic acids is 2. The zero-order chi connectivity index (χ0) is 16.7. The zero-order valence-electron chi connectivity index (χ0n) is 13.2. The number of anilines is 1. The maximum absolute atomic E-state index is 12.0. The van der Waals surface area contributed by atoms with Crippen molar-refractivity contribution < 1.29 is 14.3 Å². The van der Waals surface area contributed by atoms with Gasteiger partial charge in [0.25, 0.3) is 0 Å². The lowest BCUT2D eigenvalue weighted by molar-refractivity contribution is 0.0600. The summed E-state index contributed by atoms with van der Waals surface area (Å²) >= 11 is 0. The Morgan fingerprint density at radius 2 is 1.61 bits per heavy atom. The van der Waals surface area contributed by atoms with E-state index in [1.54, 1.807) is 30.5 Å². The van der Waals surface area contributed by atoms with Crippen LogP contribution in [0.2, 0.25) is 0 Å². The van der Waals surface area contributed by atoms with Crippen LogP contribution in [0, 0.1) is 0 Å². The van der Waals surface area contributed by atoms with Crippen LogP contribution < -0.4 is 5.32 Å². The Morgan fingerprint density at radius 3 is 2.17 bits per heavy atom. The smallest absolute Gasteiger partial charge is 0.337 e. The molecule has 0 radical (unpaired) electrons. The van der Waals surface area contributed by atoms with E-state index >= 15 is 0 Å². The van der Waals surface area contributed by atoms with Gasteiger partial charge < -0.3 is 10.1 Å². The number of carbonyl (C=O) groups is 2. The Balaban J connectivity index is 1.95. The van der Waals surface area contributed by atoms with E-state index in [0.717, 1.165) is 12.1 Å². The third-order valence-electron chi connectivity index (χ3n) is 3.44. The number of aryl methyl sites for hydroxylation is 1. The molecule has 0 heterocycles. The van der Waals surface area contributed by atoms with Gasteiger partial charge in [-0.2, -0.15) is 0 Å². The number of benzene rings is 2. The lowest BCUT2D eigenvalue weighted by atomic mass is 10.1. The molecule has 0 aromatic heterocycles. The molecule has 1 N–H and O–H groups in total. The summed E-state index contributed by atoms with van der Waals surface area (Å²) in [4.78, 5) is 23.4. The molecule has 23 heavy (non-hydrogen) atoms. The molecule has 0 bridgehead atoms. The van der Waals surface area contributed by atoms with Gasteiger partial charge >= 0.3 is 5.97 Å². The van der Waals surface area contributed by atoms with Gasteiger partial charge in [-0.15, -0.1) is 0 Å². The molecule has 118 valence electrons. The number of hydrogen-bond donors (Lipinski definition) is 1. The summed E-state index contributed by atoms with van der Waals surface area (Å²) in [6.45, 7) is 2.08. The molecule has 2 aromatic rings. The fraction of sp³-hybridized carbons (Fsp3) is 0.158. The van der Waals surface area contributed by atoms with Gasteiger partial charge in [0, 0.05) is 23.5 Å². The average Bonchev–Trinajstić information content (AvgIpc) is 2.61. The second-order valence-corrected chi connectivity index (χ2v) is 4.96. The van der Waals surface area contributed by atoms with Crippen molar-refractivity contribution in [3.8, 4) is 0 Å². The molecular formula is C19H19NO3. The minimum absolute atomic E-state index is 0.0636. The molecule has 0 fully saturated rings. The van der Waals surface area contributed by atoms with Crippen LogP contribution in [0.15, 0.2) is 60.8 Å². The molecule has 0 saturated heterocycles. The second kappa shape index (κ2) is 7.94. The summed E-state index contributed by atoms with van der Waals surface area (Å²) in [5, 5.41) is 3.00. The highest BCUT2D eigenvalue weighted by molar-refractivity contribution is 6.04. The number of allylic oxidation sites excluding steroid dienone is 1. The van der Waals surface area contributed by atoms with E-state index in [1.165, 1.54) is 18.7 Å². The van der Waals surface area contributed by atoms with Gasteiger partial charge in [-0.1, -0.05) is 31.2 Å². The molecule has 0 aliphatic rings. The number of esters is 1. The minimum atomic E-state index is -0.377. The predicted octanol–water partition coefficient (Wildman–Crippen LogP) is 3.84. The van der Waals surface area contributed by atoms with Crippen LogP contribution >= 0.6 is 0 Å². The Morgan fingerprint density at radius 1 is 1.00 bits per heavy atom. The summed E-state index contributed by atoms with van der Waals surface area (Å²) in [5.74, 6) is -0.441. The normalized spacial score (nSPS) is 10.5.